The molecule has 3 rings (SSSR count). The molecule has 1 atom stereocenters. The Morgan fingerprint density at radius 1 is 1.14 bits per heavy atom. The van der Waals surface area contributed by atoms with E-state index < -0.39 is 0 Å². The molecule has 1 unspecified atom stereocenters. The van der Waals surface area contributed by atoms with Crippen molar-refractivity contribution in [1.29, 1.82) is 0 Å². The Balaban J connectivity index is 1.95. The summed E-state index contributed by atoms with van der Waals surface area (Å²) in [5.74, 6) is 1.30. The summed E-state index contributed by atoms with van der Waals surface area (Å²) in [5, 5.41) is 3.48. The van der Waals surface area contributed by atoms with Gasteiger partial charge in [-0.25, -0.2) is 4.39 Å². The van der Waals surface area contributed by atoms with Crippen molar-refractivity contribution >= 4 is 0 Å². The van der Waals surface area contributed by atoms with Crippen molar-refractivity contribution in [2.45, 2.75) is 18.9 Å². The van der Waals surface area contributed by atoms with Gasteiger partial charge in [-0.3, -0.25) is 0 Å². The fourth-order valence-electron chi connectivity index (χ4n) is 3.03. The van der Waals surface area contributed by atoms with E-state index in [0.29, 0.717) is 12.2 Å². The lowest BCUT2D eigenvalue weighted by molar-refractivity contribution is 0.352. The summed E-state index contributed by atoms with van der Waals surface area (Å²) in [6.07, 6.45) is 1.55. The first-order valence-electron chi connectivity index (χ1n) is 7.44. The van der Waals surface area contributed by atoms with E-state index in [2.05, 4.69) is 5.32 Å². The summed E-state index contributed by atoms with van der Waals surface area (Å²) in [6, 6.07) is 11.1. The normalized spacial score (nSPS) is 17.0. The van der Waals surface area contributed by atoms with Crippen molar-refractivity contribution in [3.63, 3.8) is 0 Å². The van der Waals surface area contributed by atoms with Crippen LogP contribution in [0.15, 0.2) is 36.4 Å². The van der Waals surface area contributed by atoms with Gasteiger partial charge in [0.1, 0.15) is 5.82 Å². The second kappa shape index (κ2) is 6.36. The third kappa shape index (κ3) is 2.79. The van der Waals surface area contributed by atoms with Crippen LogP contribution in [0.1, 0.15) is 22.7 Å². The zero-order valence-electron chi connectivity index (χ0n) is 12.9. The van der Waals surface area contributed by atoms with Crippen LogP contribution in [0, 0.1) is 5.82 Å². The zero-order valence-corrected chi connectivity index (χ0v) is 12.9. The van der Waals surface area contributed by atoms with Crippen molar-refractivity contribution in [1.82, 2.24) is 5.32 Å². The molecule has 0 aliphatic carbocycles. The van der Waals surface area contributed by atoms with Gasteiger partial charge >= 0.3 is 0 Å². The van der Waals surface area contributed by atoms with E-state index in [1.807, 2.05) is 24.3 Å². The minimum atomic E-state index is -0.156. The lowest BCUT2D eigenvalue weighted by Crippen LogP contribution is -2.31. The van der Waals surface area contributed by atoms with Crippen LogP contribution < -0.4 is 14.8 Å². The van der Waals surface area contributed by atoms with Crippen molar-refractivity contribution in [2.75, 3.05) is 20.8 Å². The number of hydrogen-bond acceptors (Lipinski definition) is 3. The van der Waals surface area contributed by atoms with E-state index in [1.165, 1.54) is 11.6 Å². The van der Waals surface area contributed by atoms with Crippen molar-refractivity contribution in [3.05, 3.63) is 58.9 Å². The highest BCUT2D eigenvalue weighted by Crippen LogP contribution is 2.36. The van der Waals surface area contributed by atoms with Gasteiger partial charge in [-0.1, -0.05) is 18.2 Å². The number of ether oxygens (including phenoxy) is 2. The van der Waals surface area contributed by atoms with Crippen LogP contribution in [-0.4, -0.2) is 20.8 Å². The first kappa shape index (κ1) is 14.9. The predicted octanol–water partition coefficient (Wildman–Crippen LogP) is 3.27. The van der Waals surface area contributed by atoms with Gasteiger partial charge in [-0.05, 0) is 54.3 Å². The summed E-state index contributed by atoms with van der Waals surface area (Å²) in [4.78, 5) is 0. The highest BCUT2D eigenvalue weighted by molar-refractivity contribution is 5.49. The molecule has 0 saturated heterocycles. The van der Waals surface area contributed by atoms with Gasteiger partial charge in [0.15, 0.2) is 11.5 Å². The van der Waals surface area contributed by atoms with E-state index in [-0.39, 0.29) is 11.9 Å². The molecule has 1 aliphatic heterocycles. The maximum atomic E-state index is 13.9. The SMILES string of the molecule is COc1cc2c(cc1OC)C(Cc1ccccc1F)NCC2. The van der Waals surface area contributed by atoms with Gasteiger partial charge in [-0.2, -0.15) is 0 Å². The average Bonchev–Trinajstić information content (AvgIpc) is 2.56. The lowest BCUT2D eigenvalue weighted by Gasteiger charge is -2.28. The van der Waals surface area contributed by atoms with E-state index in [0.717, 1.165) is 29.8 Å². The minimum Gasteiger partial charge on any atom is -0.493 e. The fourth-order valence-corrected chi connectivity index (χ4v) is 3.03. The number of hydrogen-bond donors (Lipinski definition) is 1. The molecule has 2 aromatic carbocycles. The second-order valence-corrected chi connectivity index (χ2v) is 5.46. The summed E-state index contributed by atoms with van der Waals surface area (Å²) < 4.78 is 24.7. The largest absolute Gasteiger partial charge is 0.493 e. The molecule has 0 saturated carbocycles. The number of rotatable bonds is 4. The molecule has 1 heterocycles. The van der Waals surface area contributed by atoms with Crippen LogP contribution in [0.4, 0.5) is 4.39 Å². The molecular weight excluding hydrogens is 281 g/mol. The average molecular weight is 301 g/mol. The molecule has 22 heavy (non-hydrogen) atoms. The van der Waals surface area contributed by atoms with E-state index >= 15 is 0 Å². The van der Waals surface area contributed by atoms with Crippen LogP contribution in [0.2, 0.25) is 0 Å². The van der Waals surface area contributed by atoms with Gasteiger partial charge in [0.2, 0.25) is 0 Å². The Labute approximate surface area is 130 Å². The van der Waals surface area contributed by atoms with Gasteiger partial charge in [0.25, 0.3) is 0 Å². The second-order valence-electron chi connectivity index (χ2n) is 5.46. The summed E-state index contributed by atoms with van der Waals surface area (Å²) >= 11 is 0. The van der Waals surface area contributed by atoms with Crippen LogP contribution in [0.5, 0.6) is 11.5 Å². The van der Waals surface area contributed by atoms with Crippen molar-refractivity contribution < 1.29 is 13.9 Å². The Morgan fingerprint density at radius 3 is 2.59 bits per heavy atom. The third-order valence-corrected chi connectivity index (χ3v) is 4.19. The molecule has 0 amide bonds. The highest BCUT2D eigenvalue weighted by atomic mass is 19.1. The molecule has 0 bridgehead atoms. The molecule has 1 aliphatic rings. The van der Waals surface area contributed by atoms with E-state index in [4.69, 9.17) is 9.47 Å². The zero-order chi connectivity index (χ0) is 15.5. The highest BCUT2D eigenvalue weighted by Gasteiger charge is 2.23. The van der Waals surface area contributed by atoms with Crippen molar-refractivity contribution in [3.8, 4) is 11.5 Å². The maximum Gasteiger partial charge on any atom is 0.161 e. The quantitative estimate of drug-likeness (QED) is 0.940. The van der Waals surface area contributed by atoms with Crippen molar-refractivity contribution in [2.24, 2.45) is 0 Å². The lowest BCUT2D eigenvalue weighted by atomic mass is 9.89. The first-order chi connectivity index (χ1) is 10.7. The van der Waals surface area contributed by atoms with Gasteiger partial charge < -0.3 is 14.8 Å². The Hall–Kier alpha value is -2.07. The summed E-state index contributed by atoms with van der Waals surface area (Å²) in [7, 11) is 3.27. The number of methoxy groups -OCH3 is 2. The van der Waals surface area contributed by atoms with Gasteiger partial charge in [0, 0.05) is 6.04 Å². The molecular formula is C18H20FNO2. The molecule has 0 aromatic heterocycles. The van der Waals surface area contributed by atoms with Gasteiger partial charge in [-0.15, -0.1) is 0 Å². The first-order valence-corrected chi connectivity index (χ1v) is 7.44. The number of nitrogens with one attached hydrogen (secondary N) is 1. The van der Waals surface area contributed by atoms with E-state index in [9.17, 15) is 4.39 Å². The monoisotopic (exact) mass is 301 g/mol. The van der Waals surface area contributed by atoms with Crippen LogP contribution in [0.3, 0.4) is 0 Å². The third-order valence-electron chi connectivity index (χ3n) is 4.19. The van der Waals surface area contributed by atoms with E-state index in [1.54, 1.807) is 20.3 Å². The Bertz CT molecular complexity index is 672. The number of benzene rings is 2. The van der Waals surface area contributed by atoms with Crippen LogP contribution in [0.25, 0.3) is 0 Å². The summed E-state index contributed by atoms with van der Waals surface area (Å²) in [5.41, 5.74) is 3.12. The molecule has 2 aromatic rings. The predicted molar refractivity (Wildman–Crippen MR) is 84.1 cm³/mol. The maximum absolute atomic E-state index is 13.9. The number of halogens is 1. The van der Waals surface area contributed by atoms with Crippen LogP contribution in [-0.2, 0) is 12.8 Å². The topological polar surface area (TPSA) is 30.5 Å². The number of fused-ring (bicyclic) bond motifs is 1. The molecule has 0 fully saturated rings. The smallest absolute Gasteiger partial charge is 0.161 e. The molecule has 0 radical (unpaired) electrons. The summed E-state index contributed by atoms with van der Waals surface area (Å²) in [6.45, 7) is 0.877. The molecule has 0 spiro atoms. The molecule has 4 heteroatoms. The standard InChI is InChI=1S/C18H20FNO2/c1-21-17-10-12-7-8-20-16(14(12)11-18(17)22-2)9-13-5-3-4-6-15(13)19/h3-6,10-11,16,20H,7-9H2,1-2H3. The minimum absolute atomic E-state index is 0.0838. The molecule has 1 N–H and O–H groups in total. The molecule has 3 nitrogen and oxygen atoms in total. The van der Waals surface area contributed by atoms with Gasteiger partial charge in [0.05, 0.1) is 14.2 Å². The van der Waals surface area contributed by atoms with Crippen LogP contribution >= 0.6 is 0 Å². The fraction of sp³-hybridized carbons (Fsp3) is 0.333. The molecule has 116 valence electrons. The Kier molecular flexibility index (Phi) is 4.29. The Morgan fingerprint density at radius 2 is 1.86 bits per heavy atom.